The van der Waals surface area contributed by atoms with Gasteiger partial charge in [-0.1, -0.05) is 90.4 Å². The molecule has 1 saturated heterocycles. The van der Waals surface area contributed by atoms with Crippen molar-refractivity contribution in [2.45, 2.75) is 116 Å². The third-order valence-electron chi connectivity index (χ3n) is 6.81. The summed E-state index contributed by atoms with van der Waals surface area (Å²) in [6.45, 7) is 5.11. The van der Waals surface area contributed by atoms with Gasteiger partial charge in [0.1, 0.15) is 0 Å². The Kier molecular flexibility index (Phi) is 16.5. The molecule has 1 rings (SSSR count). The molecule has 6 heteroatoms. The van der Waals surface area contributed by atoms with Crippen LogP contribution in [0.15, 0.2) is 0 Å². The van der Waals surface area contributed by atoms with Crippen molar-refractivity contribution < 1.29 is 23.0 Å². The number of quaternary nitrogens is 1. The van der Waals surface area contributed by atoms with E-state index in [0.29, 0.717) is 5.92 Å². The van der Waals surface area contributed by atoms with Crippen LogP contribution in [0.2, 0.25) is 0 Å². The van der Waals surface area contributed by atoms with Crippen LogP contribution in [0.4, 0.5) is 0 Å². The quantitative estimate of drug-likeness (QED) is 0.113. The SMILES string of the molecule is CCCCCCCCCCCCCCCCOP(=O)([O-])OCCC1CC[N+](C)(C)CC1. The van der Waals surface area contributed by atoms with E-state index in [1.54, 1.807) is 0 Å². The molecule has 1 aliphatic rings. The summed E-state index contributed by atoms with van der Waals surface area (Å²) in [6.07, 6.45) is 21.1. The number of rotatable bonds is 20. The van der Waals surface area contributed by atoms with Crippen molar-refractivity contribution in [1.29, 1.82) is 0 Å². The number of hydrogen-bond donors (Lipinski definition) is 0. The highest BCUT2D eigenvalue weighted by molar-refractivity contribution is 7.45. The zero-order valence-electron chi connectivity index (χ0n) is 21.0. The normalized spacial score (nSPS) is 18.8. The maximum Gasteiger partial charge on any atom is 0.267 e. The lowest BCUT2D eigenvalue weighted by Crippen LogP contribution is -2.46. The average Bonchev–Trinajstić information content (AvgIpc) is 2.72. The summed E-state index contributed by atoms with van der Waals surface area (Å²) >= 11 is 0. The Bertz CT molecular complexity index is 462. The van der Waals surface area contributed by atoms with Crippen LogP contribution < -0.4 is 4.89 Å². The van der Waals surface area contributed by atoms with Gasteiger partial charge >= 0.3 is 0 Å². The van der Waals surface area contributed by atoms with E-state index in [-0.39, 0.29) is 13.2 Å². The number of nitrogens with zero attached hydrogens (tertiary/aromatic N) is 1. The predicted octanol–water partition coefficient (Wildman–Crippen LogP) is 6.85. The lowest BCUT2D eigenvalue weighted by atomic mass is 9.93. The molecule has 1 atom stereocenters. The second kappa shape index (κ2) is 17.5. The molecule has 1 unspecified atom stereocenters. The van der Waals surface area contributed by atoms with Gasteiger partial charge in [-0.3, -0.25) is 4.57 Å². The molecule has 186 valence electrons. The van der Waals surface area contributed by atoms with Crippen LogP contribution in [-0.2, 0) is 13.6 Å². The minimum Gasteiger partial charge on any atom is -0.756 e. The zero-order chi connectivity index (χ0) is 22.8. The maximum atomic E-state index is 11.9. The van der Waals surface area contributed by atoms with E-state index < -0.39 is 7.82 Å². The first kappa shape index (κ1) is 29.1. The number of piperidine rings is 1. The van der Waals surface area contributed by atoms with Crippen LogP contribution in [0, 0.1) is 5.92 Å². The van der Waals surface area contributed by atoms with Crippen LogP contribution in [0.25, 0.3) is 0 Å². The molecule has 1 aliphatic heterocycles. The predicted molar refractivity (Wildman–Crippen MR) is 129 cm³/mol. The summed E-state index contributed by atoms with van der Waals surface area (Å²) in [4.78, 5) is 11.9. The van der Waals surface area contributed by atoms with E-state index in [2.05, 4.69) is 21.0 Å². The average molecular weight is 462 g/mol. The van der Waals surface area contributed by atoms with Crippen molar-refractivity contribution in [3.05, 3.63) is 0 Å². The molecular weight excluding hydrogens is 409 g/mol. The lowest BCUT2D eigenvalue weighted by Gasteiger charge is -2.37. The van der Waals surface area contributed by atoms with Gasteiger partial charge in [-0.15, -0.1) is 0 Å². The molecule has 5 nitrogen and oxygen atoms in total. The van der Waals surface area contributed by atoms with Gasteiger partial charge in [0.2, 0.25) is 0 Å². The third-order valence-corrected chi connectivity index (χ3v) is 7.81. The first-order valence-corrected chi connectivity index (χ1v) is 14.7. The minimum atomic E-state index is -4.13. The Morgan fingerprint density at radius 1 is 0.742 bits per heavy atom. The van der Waals surface area contributed by atoms with Gasteiger partial charge in [0.05, 0.1) is 40.4 Å². The number of likely N-dealkylation sites (tertiary alicyclic amines) is 1. The second-order valence-corrected chi connectivity index (χ2v) is 11.7. The molecule has 31 heavy (non-hydrogen) atoms. The van der Waals surface area contributed by atoms with Gasteiger partial charge in [0.25, 0.3) is 7.82 Å². The highest BCUT2D eigenvalue weighted by Gasteiger charge is 2.26. The Labute approximate surface area is 193 Å². The molecule has 1 fully saturated rings. The van der Waals surface area contributed by atoms with E-state index in [1.165, 1.54) is 77.0 Å². The van der Waals surface area contributed by atoms with Crippen molar-refractivity contribution in [3.63, 3.8) is 0 Å². The summed E-state index contributed by atoms with van der Waals surface area (Å²) in [5.74, 6) is 0.581. The second-order valence-electron chi connectivity index (χ2n) is 10.3. The molecule has 0 aliphatic carbocycles. The first-order valence-electron chi connectivity index (χ1n) is 13.3. The van der Waals surface area contributed by atoms with Crippen molar-refractivity contribution in [2.24, 2.45) is 5.92 Å². The van der Waals surface area contributed by atoms with Crippen LogP contribution >= 0.6 is 7.82 Å². The fourth-order valence-corrected chi connectivity index (χ4v) is 5.21. The largest absolute Gasteiger partial charge is 0.756 e. The monoisotopic (exact) mass is 461 g/mol. The molecule has 0 radical (unpaired) electrons. The maximum absolute atomic E-state index is 11.9. The Morgan fingerprint density at radius 2 is 1.16 bits per heavy atom. The fraction of sp³-hybridized carbons (Fsp3) is 1.00. The topological polar surface area (TPSA) is 58.6 Å². The molecule has 0 saturated carbocycles. The number of phosphoric ester groups is 1. The Hall–Kier alpha value is 0.0700. The van der Waals surface area contributed by atoms with E-state index in [4.69, 9.17) is 9.05 Å². The molecular formula is C25H52NO4P. The van der Waals surface area contributed by atoms with E-state index in [0.717, 1.165) is 49.7 Å². The summed E-state index contributed by atoms with van der Waals surface area (Å²) in [5, 5.41) is 0. The summed E-state index contributed by atoms with van der Waals surface area (Å²) < 4.78 is 23.1. The van der Waals surface area contributed by atoms with Crippen LogP contribution in [0.1, 0.15) is 116 Å². The Morgan fingerprint density at radius 3 is 1.65 bits per heavy atom. The number of unbranched alkanes of at least 4 members (excludes halogenated alkanes) is 13. The van der Waals surface area contributed by atoms with Crippen LogP contribution in [0.5, 0.6) is 0 Å². The minimum absolute atomic E-state index is 0.258. The summed E-state index contributed by atoms with van der Waals surface area (Å²) in [6, 6.07) is 0. The molecule has 0 aromatic heterocycles. The zero-order valence-corrected chi connectivity index (χ0v) is 21.8. The van der Waals surface area contributed by atoms with Crippen molar-refractivity contribution >= 4 is 7.82 Å². The van der Waals surface area contributed by atoms with Gasteiger partial charge in [0, 0.05) is 0 Å². The van der Waals surface area contributed by atoms with Gasteiger partial charge in [-0.2, -0.15) is 0 Å². The van der Waals surface area contributed by atoms with Gasteiger partial charge < -0.3 is 18.4 Å². The van der Waals surface area contributed by atoms with E-state index >= 15 is 0 Å². The van der Waals surface area contributed by atoms with Crippen molar-refractivity contribution in [2.75, 3.05) is 40.4 Å². The lowest BCUT2D eigenvalue weighted by molar-refractivity contribution is -0.896. The van der Waals surface area contributed by atoms with E-state index in [1.807, 2.05) is 0 Å². The van der Waals surface area contributed by atoms with Crippen molar-refractivity contribution in [3.8, 4) is 0 Å². The molecule has 0 amide bonds. The van der Waals surface area contributed by atoms with Gasteiger partial charge in [-0.05, 0) is 31.6 Å². The highest BCUT2D eigenvalue weighted by atomic mass is 31.2. The number of phosphoric acid groups is 1. The van der Waals surface area contributed by atoms with Crippen LogP contribution in [0.3, 0.4) is 0 Å². The van der Waals surface area contributed by atoms with Crippen LogP contribution in [-0.4, -0.2) is 44.9 Å². The molecule has 0 aromatic rings. The standard InChI is InChI=1S/C25H52NO4P/c1-4-5-6-7-8-9-10-11-12-13-14-15-16-17-23-29-31(27,28)30-24-20-25-18-21-26(2,3)22-19-25/h25H,4-24H2,1-3H3. The number of hydrogen-bond acceptors (Lipinski definition) is 4. The molecule has 0 N–H and O–H groups in total. The molecule has 0 bridgehead atoms. The molecule has 0 spiro atoms. The fourth-order valence-electron chi connectivity index (χ4n) is 4.45. The highest BCUT2D eigenvalue weighted by Crippen LogP contribution is 2.39. The summed E-state index contributed by atoms with van der Waals surface area (Å²) in [5.41, 5.74) is 0. The third kappa shape index (κ3) is 17.2. The van der Waals surface area contributed by atoms with Gasteiger partial charge in [0.15, 0.2) is 0 Å². The molecule has 0 aromatic carbocycles. The molecule has 1 heterocycles. The van der Waals surface area contributed by atoms with E-state index in [9.17, 15) is 9.46 Å². The first-order chi connectivity index (χ1) is 14.8. The Balaban J connectivity index is 1.85. The summed E-state index contributed by atoms with van der Waals surface area (Å²) in [7, 11) is 0.381. The van der Waals surface area contributed by atoms with Crippen molar-refractivity contribution in [1.82, 2.24) is 0 Å². The smallest absolute Gasteiger partial charge is 0.267 e. The van der Waals surface area contributed by atoms with Gasteiger partial charge in [-0.25, -0.2) is 0 Å².